The third-order valence-electron chi connectivity index (χ3n) is 2.74. The van der Waals surface area contributed by atoms with E-state index in [2.05, 4.69) is 36.1 Å². The lowest BCUT2D eigenvalue weighted by Gasteiger charge is -2.25. The minimum absolute atomic E-state index is 0.184. The van der Waals surface area contributed by atoms with E-state index in [-0.39, 0.29) is 6.17 Å². The second-order valence-corrected chi connectivity index (χ2v) is 3.55. The van der Waals surface area contributed by atoms with Gasteiger partial charge in [0.1, 0.15) is 0 Å². The minimum Gasteiger partial charge on any atom is -0.356 e. The molecule has 2 rings (SSSR count). The summed E-state index contributed by atoms with van der Waals surface area (Å²) in [4.78, 5) is 2.30. The van der Waals surface area contributed by atoms with Crippen molar-refractivity contribution in [3.8, 4) is 0 Å². The van der Waals surface area contributed by atoms with Gasteiger partial charge in [-0.15, -0.1) is 0 Å². The molecule has 0 aliphatic carbocycles. The molecule has 70 valence electrons. The molecule has 2 heteroatoms. The van der Waals surface area contributed by atoms with Crippen molar-refractivity contribution in [3.05, 3.63) is 29.8 Å². The number of nitrogens with zero attached hydrogens (tertiary/aromatic N) is 1. The summed E-state index contributed by atoms with van der Waals surface area (Å²) in [6.07, 6.45) is 2.33. The summed E-state index contributed by atoms with van der Waals surface area (Å²) in [6, 6.07) is 8.54. The number of anilines is 1. The number of benzene rings is 1. The average Bonchev–Trinajstić information content (AvgIpc) is 2.60. The molecular weight excluding hydrogens is 160 g/mol. The summed E-state index contributed by atoms with van der Waals surface area (Å²) < 4.78 is 0. The van der Waals surface area contributed by atoms with Gasteiger partial charge < -0.3 is 10.6 Å². The third-order valence-corrected chi connectivity index (χ3v) is 2.74. The molecule has 0 saturated carbocycles. The van der Waals surface area contributed by atoms with E-state index in [0.29, 0.717) is 0 Å². The number of nitrogens with two attached hydrogens (primary N) is 1. The summed E-state index contributed by atoms with van der Waals surface area (Å²) in [5.74, 6) is 0. The van der Waals surface area contributed by atoms with E-state index >= 15 is 0 Å². The fourth-order valence-corrected chi connectivity index (χ4v) is 1.93. The Balaban J connectivity index is 2.28. The Hall–Kier alpha value is -1.02. The van der Waals surface area contributed by atoms with Crippen LogP contribution in [0.1, 0.15) is 18.9 Å². The number of hydrogen-bond acceptors (Lipinski definition) is 2. The molecule has 0 bridgehead atoms. The largest absolute Gasteiger partial charge is 0.356 e. The zero-order chi connectivity index (χ0) is 9.26. The predicted molar refractivity (Wildman–Crippen MR) is 55.8 cm³/mol. The Bertz CT molecular complexity index is 296. The summed E-state index contributed by atoms with van der Waals surface area (Å²) in [7, 11) is 0. The van der Waals surface area contributed by atoms with E-state index in [0.717, 1.165) is 19.4 Å². The SMILES string of the molecule is CCC(N)N1CCc2ccccc21. The van der Waals surface area contributed by atoms with Crippen LogP contribution in [0.25, 0.3) is 0 Å². The van der Waals surface area contributed by atoms with E-state index in [1.165, 1.54) is 11.3 Å². The highest BCUT2D eigenvalue weighted by Crippen LogP contribution is 2.28. The molecule has 0 fully saturated rings. The maximum absolute atomic E-state index is 6.02. The molecule has 0 spiro atoms. The molecule has 1 aromatic carbocycles. The van der Waals surface area contributed by atoms with Gasteiger partial charge >= 0.3 is 0 Å². The van der Waals surface area contributed by atoms with E-state index in [1.54, 1.807) is 0 Å². The van der Waals surface area contributed by atoms with Crippen molar-refractivity contribution in [1.82, 2.24) is 0 Å². The van der Waals surface area contributed by atoms with Crippen LogP contribution >= 0.6 is 0 Å². The number of fused-ring (bicyclic) bond motifs is 1. The first-order valence-corrected chi connectivity index (χ1v) is 4.93. The molecule has 0 amide bonds. The van der Waals surface area contributed by atoms with Crippen LogP contribution in [-0.2, 0) is 6.42 Å². The highest BCUT2D eigenvalue weighted by molar-refractivity contribution is 5.58. The number of para-hydroxylation sites is 1. The van der Waals surface area contributed by atoms with Gasteiger partial charge in [0.2, 0.25) is 0 Å². The maximum Gasteiger partial charge on any atom is 0.0768 e. The van der Waals surface area contributed by atoms with Crippen LogP contribution in [-0.4, -0.2) is 12.7 Å². The average molecular weight is 176 g/mol. The van der Waals surface area contributed by atoms with Crippen molar-refractivity contribution in [3.63, 3.8) is 0 Å². The van der Waals surface area contributed by atoms with Gasteiger partial charge in [0.05, 0.1) is 6.17 Å². The van der Waals surface area contributed by atoms with Gasteiger partial charge in [0, 0.05) is 12.2 Å². The molecule has 1 unspecified atom stereocenters. The minimum atomic E-state index is 0.184. The zero-order valence-electron chi connectivity index (χ0n) is 8.03. The zero-order valence-corrected chi connectivity index (χ0v) is 8.03. The highest BCUT2D eigenvalue weighted by atomic mass is 15.2. The first-order chi connectivity index (χ1) is 6.33. The smallest absolute Gasteiger partial charge is 0.0768 e. The first-order valence-electron chi connectivity index (χ1n) is 4.93. The standard InChI is InChI=1S/C11H16N2/c1-2-11(12)13-8-7-9-5-3-4-6-10(9)13/h3-6,11H,2,7-8,12H2,1H3. The van der Waals surface area contributed by atoms with Crippen LogP contribution in [0.4, 0.5) is 5.69 Å². The van der Waals surface area contributed by atoms with Gasteiger partial charge in [-0.1, -0.05) is 25.1 Å². The summed E-state index contributed by atoms with van der Waals surface area (Å²) in [5, 5.41) is 0. The molecule has 1 aliphatic rings. The van der Waals surface area contributed by atoms with Crippen LogP contribution in [0.15, 0.2) is 24.3 Å². The highest BCUT2D eigenvalue weighted by Gasteiger charge is 2.21. The Morgan fingerprint density at radius 2 is 2.23 bits per heavy atom. The molecule has 13 heavy (non-hydrogen) atoms. The Labute approximate surface area is 79.4 Å². The lowest BCUT2D eigenvalue weighted by Crippen LogP contribution is -2.40. The molecule has 2 nitrogen and oxygen atoms in total. The first kappa shape index (κ1) is 8.57. The van der Waals surface area contributed by atoms with Gasteiger partial charge in [0.25, 0.3) is 0 Å². The number of rotatable bonds is 2. The molecule has 0 saturated heterocycles. The molecule has 2 N–H and O–H groups in total. The summed E-state index contributed by atoms with van der Waals surface area (Å²) >= 11 is 0. The summed E-state index contributed by atoms with van der Waals surface area (Å²) in [5.41, 5.74) is 8.79. The molecule has 1 atom stereocenters. The molecule has 1 aromatic rings. The normalized spacial score (nSPS) is 17.2. The van der Waals surface area contributed by atoms with Crippen LogP contribution in [0.5, 0.6) is 0 Å². The van der Waals surface area contributed by atoms with Crippen molar-refractivity contribution in [1.29, 1.82) is 0 Å². The fraction of sp³-hybridized carbons (Fsp3) is 0.455. The van der Waals surface area contributed by atoms with Crippen molar-refractivity contribution >= 4 is 5.69 Å². The molecule has 0 radical (unpaired) electrons. The molecule has 1 heterocycles. The second-order valence-electron chi connectivity index (χ2n) is 3.55. The van der Waals surface area contributed by atoms with Crippen LogP contribution < -0.4 is 10.6 Å². The Kier molecular flexibility index (Phi) is 2.23. The quantitative estimate of drug-likeness (QED) is 0.743. The van der Waals surface area contributed by atoms with Crippen LogP contribution in [0.3, 0.4) is 0 Å². The van der Waals surface area contributed by atoms with Crippen molar-refractivity contribution in [2.75, 3.05) is 11.4 Å². The molecule has 1 aliphatic heterocycles. The van der Waals surface area contributed by atoms with E-state index in [4.69, 9.17) is 5.73 Å². The van der Waals surface area contributed by atoms with Crippen LogP contribution in [0.2, 0.25) is 0 Å². The lowest BCUT2D eigenvalue weighted by molar-refractivity contribution is 0.610. The maximum atomic E-state index is 6.02. The van der Waals surface area contributed by atoms with Crippen LogP contribution in [0, 0.1) is 0 Å². The monoisotopic (exact) mass is 176 g/mol. The third kappa shape index (κ3) is 1.42. The topological polar surface area (TPSA) is 29.3 Å². The van der Waals surface area contributed by atoms with Gasteiger partial charge in [-0.25, -0.2) is 0 Å². The van der Waals surface area contributed by atoms with E-state index in [1.807, 2.05) is 0 Å². The summed E-state index contributed by atoms with van der Waals surface area (Å²) in [6.45, 7) is 3.21. The van der Waals surface area contributed by atoms with Crippen molar-refractivity contribution in [2.45, 2.75) is 25.9 Å². The van der Waals surface area contributed by atoms with Gasteiger partial charge in [-0.3, -0.25) is 0 Å². The molecular formula is C11H16N2. The second kappa shape index (κ2) is 3.38. The Morgan fingerprint density at radius 1 is 1.46 bits per heavy atom. The fourth-order valence-electron chi connectivity index (χ4n) is 1.93. The van der Waals surface area contributed by atoms with Gasteiger partial charge in [0.15, 0.2) is 0 Å². The molecule has 0 aromatic heterocycles. The predicted octanol–water partition coefficient (Wildman–Crippen LogP) is 1.74. The Morgan fingerprint density at radius 3 is 3.00 bits per heavy atom. The van der Waals surface area contributed by atoms with Gasteiger partial charge in [-0.05, 0) is 24.5 Å². The number of hydrogen-bond donors (Lipinski definition) is 1. The van der Waals surface area contributed by atoms with Crippen molar-refractivity contribution in [2.24, 2.45) is 5.73 Å². The van der Waals surface area contributed by atoms with E-state index in [9.17, 15) is 0 Å². The van der Waals surface area contributed by atoms with Crippen molar-refractivity contribution < 1.29 is 0 Å². The van der Waals surface area contributed by atoms with E-state index < -0.39 is 0 Å². The van der Waals surface area contributed by atoms with Gasteiger partial charge in [-0.2, -0.15) is 0 Å². The lowest BCUT2D eigenvalue weighted by atomic mass is 10.2.